The number of sulfonamides is 1. The van der Waals surface area contributed by atoms with Gasteiger partial charge in [-0.3, -0.25) is 0 Å². The molecule has 2 rings (SSSR count). The number of hydrogen-bond donors (Lipinski definition) is 1. The molecule has 1 aliphatic rings. The number of thiophene rings is 1. The van der Waals surface area contributed by atoms with Crippen LogP contribution in [0.5, 0.6) is 0 Å². The van der Waals surface area contributed by atoms with Crippen LogP contribution in [0, 0.1) is 0 Å². The molecule has 0 spiro atoms. The van der Waals surface area contributed by atoms with Crippen molar-refractivity contribution >= 4 is 33.8 Å². The van der Waals surface area contributed by atoms with E-state index in [9.17, 15) is 8.42 Å². The molecule has 0 bridgehead atoms. The quantitative estimate of drug-likeness (QED) is 0.920. The zero-order valence-corrected chi connectivity index (χ0v) is 12.1. The fourth-order valence-corrected chi connectivity index (χ4v) is 4.45. The molecular weight excluding hydrogens is 280 g/mol. The fourth-order valence-electron chi connectivity index (χ4n) is 1.89. The Labute approximate surface area is 112 Å². The predicted octanol–water partition coefficient (Wildman–Crippen LogP) is 1.54. The lowest BCUT2D eigenvalue weighted by atomic mass is 10.1. The molecule has 1 aromatic rings. The first-order chi connectivity index (χ1) is 7.62. The Morgan fingerprint density at radius 3 is 2.82 bits per heavy atom. The summed E-state index contributed by atoms with van der Waals surface area (Å²) >= 11 is 1.27. The van der Waals surface area contributed by atoms with E-state index in [0.717, 1.165) is 25.9 Å². The van der Waals surface area contributed by atoms with Crippen molar-refractivity contribution in [3.63, 3.8) is 0 Å². The molecule has 2 heterocycles. The van der Waals surface area contributed by atoms with Gasteiger partial charge in [-0.25, -0.2) is 8.42 Å². The largest absolute Gasteiger partial charge is 0.315 e. The molecule has 1 aromatic heterocycles. The van der Waals surface area contributed by atoms with E-state index >= 15 is 0 Å². The Kier molecular flexibility index (Phi) is 5.40. The molecule has 0 amide bonds. The van der Waals surface area contributed by atoms with Crippen LogP contribution in [0.25, 0.3) is 0 Å². The average Bonchev–Trinajstić information content (AvgIpc) is 2.83. The summed E-state index contributed by atoms with van der Waals surface area (Å²) in [5, 5.41) is 5.02. The first-order valence-electron chi connectivity index (χ1n) is 5.34. The van der Waals surface area contributed by atoms with E-state index in [4.69, 9.17) is 0 Å². The lowest BCUT2D eigenvalue weighted by molar-refractivity contribution is 0.300. The second-order valence-electron chi connectivity index (χ2n) is 3.95. The van der Waals surface area contributed by atoms with Gasteiger partial charge in [-0.05, 0) is 30.8 Å². The molecule has 0 unspecified atom stereocenters. The highest BCUT2D eigenvalue weighted by molar-refractivity contribution is 7.91. The smallest absolute Gasteiger partial charge is 0.252 e. The van der Waals surface area contributed by atoms with E-state index < -0.39 is 10.0 Å². The predicted molar refractivity (Wildman–Crippen MR) is 72.4 cm³/mol. The summed E-state index contributed by atoms with van der Waals surface area (Å²) in [6.07, 6.45) is 1.98. The molecule has 0 aromatic carbocycles. The van der Waals surface area contributed by atoms with Crippen LogP contribution in [0.1, 0.15) is 12.8 Å². The Hall–Kier alpha value is -0.140. The standard InChI is InChI=1S/C10H16N2O2S2.ClH/c1-12(9-4-2-6-11-8-9)16(13,14)10-5-3-7-15-10;/h3,5,7,9,11H,2,4,6,8H2,1H3;1H/t9-;/m0./s1. The minimum Gasteiger partial charge on any atom is -0.315 e. The van der Waals surface area contributed by atoms with Gasteiger partial charge in [0.05, 0.1) is 0 Å². The first kappa shape index (κ1) is 14.9. The number of halogens is 1. The lowest BCUT2D eigenvalue weighted by Crippen LogP contribution is -2.46. The van der Waals surface area contributed by atoms with E-state index in [0.29, 0.717) is 4.21 Å². The van der Waals surface area contributed by atoms with Crippen molar-refractivity contribution in [2.24, 2.45) is 0 Å². The highest BCUT2D eigenvalue weighted by Crippen LogP contribution is 2.23. The van der Waals surface area contributed by atoms with Crippen LogP contribution >= 0.6 is 23.7 Å². The summed E-state index contributed by atoms with van der Waals surface area (Å²) in [5.74, 6) is 0. The monoisotopic (exact) mass is 296 g/mol. The highest BCUT2D eigenvalue weighted by Gasteiger charge is 2.29. The molecule has 0 aliphatic carbocycles. The maximum atomic E-state index is 12.2. The van der Waals surface area contributed by atoms with Gasteiger partial charge in [0.2, 0.25) is 0 Å². The third-order valence-electron chi connectivity index (χ3n) is 2.91. The Bertz CT molecular complexity index is 427. The average molecular weight is 297 g/mol. The number of piperidine rings is 1. The van der Waals surface area contributed by atoms with Gasteiger partial charge >= 0.3 is 0 Å². The fraction of sp³-hybridized carbons (Fsp3) is 0.600. The third kappa shape index (κ3) is 3.20. The summed E-state index contributed by atoms with van der Waals surface area (Å²) in [6.45, 7) is 1.74. The van der Waals surface area contributed by atoms with Gasteiger partial charge in [0, 0.05) is 19.6 Å². The van der Waals surface area contributed by atoms with Gasteiger partial charge in [0.25, 0.3) is 10.0 Å². The molecule has 1 fully saturated rings. The lowest BCUT2D eigenvalue weighted by Gasteiger charge is -2.30. The minimum absolute atomic E-state index is 0. The van der Waals surface area contributed by atoms with Crippen LogP contribution < -0.4 is 5.32 Å². The van der Waals surface area contributed by atoms with Crippen molar-refractivity contribution in [3.8, 4) is 0 Å². The first-order valence-corrected chi connectivity index (χ1v) is 7.66. The van der Waals surface area contributed by atoms with E-state index in [1.54, 1.807) is 24.6 Å². The summed E-state index contributed by atoms with van der Waals surface area (Å²) in [6, 6.07) is 3.51. The van der Waals surface area contributed by atoms with Crippen molar-refractivity contribution in [1.82, 2.24) is 9.62 Å². The van der Waals surface area contributed by atoms with Gasteiger partial charge in [-0.2, -0.15) is 4.31 Å². The number of nitrogens with one attached hydrogen (secondary N) is 1. The molecule has 98 valence electrons. The van der Waals surface area contributed by atoms with Gasteiger partial charge in [0.1, 0.15) is 4.21 Å². The van der Waals surface area contributed by atoms with Gasteiger partial charge < -0.3 is 5.32 Å². The normalized spacial score (nSPS) is 21.2. The number of hydrogen-bond acceptors (Lipinski definition) is 4. The maximum Gasteiger partial charge on any atom is 0.252 e. The summed E-state index contributed by atoms with van der Waals surface area (Å²) in [5.41, 5.74) is 0. The molecule has 0 radical (unpaired) electrons. The van der Waals surface area contributed by atoms with E-state index in [2.05, 4.69) is 5.32 Å². The molecular formula is C10H17ClN2O2S2. The summed E-state index contributed by atoms with van der Waals surface area (Å²) < 4.78 is 26.3. The molecule has 4 nitrogen and oxygen atoms in total. The molecule has 0 saturated carbocycles. The van der Waals surface area contributed by atoms with Crippen LogP contribution in [0.4, 0.5) is 0 Å². The van der Waals surface area contributed by atoms with Crippen molar-refractivity contribution in [2.45, 2.75) is 23.1 Å². The van der Waals surface area contributed by atoms with E-state index in [-0.39, 0.29) is 18.4 Å². The zero-order chi connectivity index (χ0) is 11.6. The van der Waals surface area contributed by atoms with Crippen LogP contribution in [0.3, 0.4) is 0 Å². The number of likely N-dealkylation sites (N-methyl/N-ethyl adjacent to an activating group) is 1. The molecule has 17 heavy (non-hydrogen) atoms. The Morgan fingerprint density at radius 1 is 1.53 bits per heavy atom. The SMILES string of the molecule is CN([C@H]1CCCNC1)S(=O)(=O)c1cccs1.Cl. The van der Waals surface area contributed by atoms with Gasteiger partial charge in [0.15, 0.2) is 0 Å². The van der Waals surface area contributed by atoms with Crippen molar-refractivity contribution in [1.29, 1.82) is 0 Å². The molecule has 1 aliphatic heterocycles. The van der Waals surface area contributed by atoms with Crippen molar-refractivity contribution < 1.29 is 8.42 Å². The van der Waals surface area contributed by atoms with Crippen molar-refractivity contribution in [3.05, 3.63) is 17.5 Å². The summed E-state index contributed by atoms with van der Waals surface area (Å²) in [7, 11) is -1.61. The van der Waals surface area contributed by atoms with Crippen LogP contribution in [-0.4, -0.2) is 38.9 Å². The zero-order valence-electron chi connectivity index (χ0n) is 9.63. The Balaban J connectivity index is 0.00000144. The topological polar surface area (TPSA) is 49.4 Å². The van der Waals surface area contributed by atoms with E-state index in [1.165, 1.54) is 15.6 Å². The van der Waals surface area contributed by atoms with Crippen LogP contribution in [0.2, 0.25) is 0 Å². The van der Waals surface area contributed by atoms with Gasteiger partial charge in [-0.1, -0.05) is 6.07 Å². The maximum absolute atomic E-state index is 12.2. The van der Waals surface area contributed by atoms with Gasteiger partial charge in [-0.15, -0.1) is 23.7 Å². The second-order valence-corrected chi connectivity index (χ2v) is 7.13. The minimum atomic E-state index is -3.28. The highest BCUT2D eigenvalue weighted by atomic mass is 35.5. The number of rotatable bonds is 3. The van der Waals surface area contributed by atoms with Crippen LogP contribution in [0.15, 0.2) is 21.7 Å². The molecule has 7 heteroatoms. The third-order valence-corrected chi connectivity index (χ3v) is 6.20. The Morgan fingerprint density at radius 2 is 2.29 bits per heavy atom. The van der Waals surface area contributed by atoms with Crippen LogP contribution in [-0.2, 0) is 10.0 Å². The molecule has 1 saturated heterocycles. The second kappa shape index (κ2) is 6.15. The van der Waals surface area contributed by atoms with E-state index in [1.807, 2.05) is 0 Å². The molecule has 1 atom stereocenters. The number of nitrogens with zero attached hydrogens (tertiary/aromatic N) is 1. The summed E-state index contributed by atoms with van der Waals surface area (Å²) in [4.78, 5) is 0. The molecule has 1 N–H and O–H groups in total. The van der Waals surface area contributed by atoms with Crippen molar-refractivity contribution in [2.75, 3.05) is 20.1 Å².